The van der Waals surface area contributed by atoms with E-state index in [1.165, 1.54) is 24.3 Å². The molecule has 0 bridgehead atoms. The number of nitro benzene ring substituents is 1. The number of hydrogen-bond donors (Lipinski definition) is 1. The second-order valence-electron chi connectivity index (χ2n) is 3.83. The second-order valence-corrected chi connectivity index (χ2v) is 5.12. The summed E-state index contributed by atoms with van der Waals surface area (Å²) in [6.07, 6.45) is 0. The molecule has 0 saturated carbocycles. The third-order valence-electron chi connectivity index (χ3n) is 2.47. The maximum atomic E-state index is 10.6. The Morgan fingerprint density at radius 3 is 2.50 bits per heavy atom. The number of benzene rings is 1. The standard InChI is InChI=1S/C11H8ClN3O4S/c12-9-4-8(14(16)17)1-2-10(9)13-5-7-3-11(15(18)19)20-6-7/h1-4,6,13H,5H2. The average Bonchev–Trinajstić information content (AvgIpc) is 2.86. The van der Waals surface area contributed by atoms with Crippen LogP contribution in [-0.2, 0) is 6.54 Å². The molecule has 0 fully saturated rings. The summed E-state index contributed by atoms with van der Waals surface area (Å²) in [5.41, 5.74) is 1.19. The molecule has 0 amide bonds. The molecule has 2 aromatic rings. The minimum Gasteiger partial charge on any atom is -0.380 e. The van der Waals surface area contributed by atoms with E-state index >= 15 is 0 Å². The largest absolute Gasteiger partial charge is 0.380 e. The number of halogens is 1. The summed E-state index contributed by atoms with van der Waals surface area (Å²) in [6.45, 7) is 0.349. The molecule has 104 valence electrons. The van der Waals surface area contributed by atoms with E-state index in [4.69, 9.17) is 11.6 Å². The molecule has 0 aliphatic carbocycles. The molecule has 0 radical (unpaired) electrons. The molecular weight excluding hydrogens is 306 g/mol. The van der Waals surface area contributed by atoms with E-state index in [0.717, 1.165) is 16.9 Å². The highest BCUT2D eigenvalue weighted by Crippen LogP contribution is 2.28. The van der Waals surface area contributed by atoms with Crippen LogP contribution < -0.4 is 5.32 Å². The predicted octanol–water partition coefficient (Wildman–Crippen LogP) is 3.83. The van der Waals surface area contributed by atoms with Crippen molar-refractivity contribution < 1.29 is 9.85 Å². The Labute approximate surface area is 122 Å². The number of nitro groups is 2. The van der Waals surface area contributed by atoms with Crippen molar-refractivity contribution in [3.63, 3.8) is 0 Å². The lowest BCUT2D eigenvalue weighted by Gasteiger charge is -2.06. The van der Waals surface area contributed by atoms with Crippen LogP contribution in [0.15, 0.2) is 29.6 Å². The molecule has 9 heteroatoms. The summed E-state index contributed by atoms with van der Waals surface area (Å²) >= 11 is 6.96. The lowest BCUT2D eigenvalue weighted by atomic mass is 10.2. The van der Waals surface area contributed by atoms with Crippen molar-refractivity contribution in [3.8, 4) is 0 Å². The highest BCUT2D eigenvalue weighted by Gasteiger charge is 2.11. The SMILES string of the molecule is O=[N+]([O-])c1ccc(NCc2csc([N+](=O)[O-])c2)c(Cl)c1. The molecule has 1 N–H and O–H groups in total. The molecule has 2 rings (SSSR count). The first kappa shape index (κ1) is 14.2. The Kier molecular flexibility index (Phi) is 4.16. The summed E-state index contributed by atoms with van der Waals surface area (Å²) in [6, 6.07) is 5.56. The van der Waals surface area contributed by atoms with Crippen LogP contribution in [0.1, 0.15) is 5.56 Å². The van der Waals surface area contributed by atoms with Gasteiger partial charge in [-0.1, -0.05) is 22.9 Å². The highest BCUT2D eigenvalue weighted by atomic mass is 35.5. The van der Waals surface area contributed by atoms with E-state index in [1.54, 1.807) is 5.38 Å². The van der Waals surface area contributed by atoms with Crippen molar-refractivity contribution in [1.29, 1.82) is 0 Å². The first-order chi connectivity index (χ1) is 9.47. The Morgan fingerprint density at radius 2 is 1.95 bits per heavy atom. The molecule has 0 unspecified atom stereocenters. The monoisotopic (exact) mass is 313 g/mol. The van der Waals surface area contributed by atoms with Crippen LogP contribution in [0.25, 0.3) is 0 Å². The minimum atomic E-state index is -0.530. The van der Waals surface area contributed by atoms with Crippen LogP contribution in [0.5, 0.6) is 0 Å². The van der Waals surface area contributed by atoms with Gasteiger partial charge in [-0.3, -0.25) is 20.2 Å². The van der Waals surface area contributed by atoms with E-state index in [-0.39, 0.29) is 15.7 Å². The number of hydrogen-bond acceptors (Lipinski definition) is 6. The first-order valence-corrected chi connectivity index (χ1v) is 6.63. The van der Waals surface area contributed by atoms with Gasteiger partial charge in [0.1, 0.15) is 0 Å². The van der Waals surface area contributed by atoms with Gasteiger partial charge in [-0.05, 0) is 11.6 Å². The molecule has 20 heavy (non-hydrogen) atoms. The van der Waals surface area contributed by atoms with E-state index in [1.807, 2.05) is 0 Å². The van der Waals surface area contributed by atoms with E-state index in [2.05, 4.69) is 5.32 Å². The predicted molar refractivity (Wildman–Crippen MR) is 76.4 cm³/mol. The third kappa shape index (κ3) is 3.22. The zero-order chi connectivity index (χ0) is 14.7. The average molecular weight is 314 g/mol. The van der Waals surface area contributed by atoms with Crippen LogP contribution in [0, 0.1) is 20.2 Å². The Hall–Kier alpha value is -2.19. The second kappa shape index (κ2) is 5.85. The maximum Gasteiger partial charge on any atom is 0.324 e. The summed E-state index contributed by atoms with van der Waals surface area (Å²) in [7, 11) is 0. The molecule has 1 heterocycles. The Balaban J connectivity index is 2.06. The number of nitrogens with one attached hydrogen (secondary N) is 1. The van der Waals surface area contributed by atoms with Crippen molar-refractivity contribution in [2.45, 2.75) is 6.54 Å². The quantitative estimate of drug-likeness (QED) is 0.668. The molecule has 1 aromatic carbocycles. The fraction of sp³-hybridized carbons (Fsp3) is 0.0909. The molecule has 1 aromatic heterocycles. The fourth-order valence-electron chi connectivity index (χ4n) is 1.51. The summed E-state index contributed by atoms with van der Waals surface area (Å²) in [4.78, 5) is 20.1. The molecule has 7 nitrogen and oxygen atoms in total. The molecule has 0 aliphatic rings. The van der Waals surface area contributed by atoms with Gasteiger partial charge in [0.05, 0.1) is 20.6 Å². The number of non-ortho nitro benzene ring substituents is 1. The van der Waals surface area contributed by atoms with Crippen LogP contribution in [0.3, 0.4) is 0 Å². The van der Waals surface area contributed by atoms with E-state index in [0.29, 0.717) is 12.2 Å². The van der Waals surface area contributed by atoms with Gasteiger partial charge in [0.25, 0.3) is 5.69 Å². The molecular formula is C11H8ClN3O4S. The number of rotatable bonds is 5. The van der Waals surface area contributed by atoms with Crippen LogP contribution in [0.2, 0.25) is 5.02 Å². The topological polar surface area (TPSA) is 98.3 Å². The van der Waals surface area contributed by atoms with Crippen molar-refractivity contribution in [1.82, 2.24) is 0 Å². The van der Waals surface area contributed by atoms with Gasteiger partial charge in [0, 0.05) is 30.1 Å². The highest BCUT2D eigenvalue weighted by molar-refractivity contribution is 7.13. The van der Waals surface area contributed by atoms with Crippen molar-refractivity contribution in [3.05, 3.63) is 60.5 Å². The molecule has 0 saturated heterocycles. The van der Waals surface area contributed by atoms with Gasteiger partial charge in [-0.2, -0.15) is 0 Å². The summed E-state index contributed by atoms with van der Waals surface area (Å²) < 4.78 is 0. The zero-order valence-corrected chi connectivity index (χ0v) is 11.5. The summed E-state index contributed by atoms with van der Waals surface area (Å²) in [5, 5.41) is 26.1. The normalized spacial score (nSPS) is 10.2. The lowest BCUT2D eigenvalue weighted by Crippen LogP contribution is -1.99. The molecule has 0 atom stereocenters. The Morgan fingerprint density at radius 1 is 1.20 bits per heavy atom. The van der Waals surface area contributed by atoms with Crippen LogP contribution in [-0.4, -0.2) is 9.85 Å². The fourth-order valence-corrected chi connectivity index (χ4v) is 2.48. The van der Waals surface area contributed by atoms with Crippen LogP contribution in [0.4, 0.5) is 16.4 Å². The minimum absolute atomic E-state index is 0.0663. The lowest BCUT2D eigenvalue weighted by molar-refractivity contribution is -0.384. The van der Waals surface area contributed by atoms with Gasteiger partial charge in [0.2, 0.25) is 0 Å². The maximum absolute atomic E-state index is 10.6. The summed E-state index contributed by atoms with van der Waals surface area (Å²) in [5.74, 6) is 0. The molecule has 0 aliphatic heterocycles. The van der Waals surface area contributed by atoms with Gasteiger partial charge in [-0.15, -0.1) is 0 Å². The third-order valence-corrected chi connectivity index (χ3v) is 3.71. The van der Waals surface area contributed by atoms with E-state index < -0.39 is 9.85 Å². The van der Waals surface area contributed by atoms with Crippen molar-refractivity contribution in [2.75, 3.05) is 5.32 Å². The number of nitrogens with zero attached hydrogens (tertiary/aromatic N) is 2. The van der Waals surface area contributed by atoms with Crippen molar-refractivity contribution >= 4 is 39.3 Å². The van der Waals surface area contributed by atoms with Crippen LogP contribution >= 0.6 is 22.9 Å². The number of thiophene rings is 1. The Bertz CT molecular complexity index is 673. The van der Waals surface area contributed by atoms with Crippen molar-refractivity contribution in [2.24, 2.45) is 0 Å². The van der Waals surface area contributed by atoms with Gasteiger partial charge in [0.15, 0.2) is 0 Å². The zero-order valence-electron chi connectivity index (χ0n) is 9.91. The van der Waals surface area contributed by atoms with Gasteiger partial charge < -0.3 is 5.32 Å². The smallest absolute Gasteiger partial charge is 0.324 e. The van der Waals surface area contributed by atoms with E-state index in [9.17, 15) is 20.2 Å². The number of anilines is 1. The first-order valence-electron chi connectivity index (χ1n) is 5.37. The molecule has 0 spiro atoms. The van der Waals surface area contributed by atoms with Gasteiger partial charge >= 0.3 is 5.00 Å². The van der Waals surface area contributed by atoms with Gasteiger partial charge in [-0.25, -0.2) is 0 Å².